The van der Waals surface area contributed by atoms with Crippen molar-refractivity contribution in [2.24, 2.45) is 5.92 Å². The van der Waals surface area contributed by atoms with Gasteiger partial charge in [-0.2, -0.15) is 0 Å². The molecule has 0 saturated carbocycles. The predicted molar refractivity (Wildman–Crippen MR) is 77.2 cm³/mol. The zero-order valence-corrected chi connectivity index (χ0v) is 12.8. The van der Waals surface area contributed by atoms with Gasteiger partial charge in [-0.15, -0.1) is 0 Å². The van der Waals surface area contributed by atoms with Crippen molar-refractivity contribution < 1.29 is 14.7 Å². The Hall–Kier alpha value is -1.36. The molecule has 0 aliphatic rings. The molecule has 0 aromatic heterocycles. The van der Waals surface area contributed by atoms with Crippen LogP contribution in [-0.2, 0) is 4.79 Å². The van der Waals surface area contributed by atoms with Crippen LogP contribution in [-0.4, -0.2) is 23.0 Å². The maximum absolute atomic E-state index is 12.1. The van der Waals surface area contributed by atoms with Crippen LogP contribution in [0.2, 0.25) is 0 Å². The number of carboxylic acid groups (broad SMARTS) is 1. The average molecular weight is 328 g/mol. The minimum Gasteiger partial charge on any atom is -0.480 e. The lowest BCUT2D eigenvalue weighted by atomic mass is 10.0. The van der Waals surface area contributed by atoms with E-state index in [0.717, 1.165) is 10.0 Å². The first kappa shape index (κ1) is 15.7. The highest BCUT2D eigenvalue weighted by molar-refractivity contribution is 9.10. The lowest BCUT2D eigenvalue weighted by Gasteiger charge is -2.17. The van der Waals surface area contributed by atoms with E-state index in [9.17, 15) is 9.59 Å². The van der Waals surface area contributed by atoms with Gasteiger partial charge in [0.25, 0.3) is 5.91 Å². The average Bonchev–Trinajstić information content (AvgIpc) is 2.31. The normalized spacial score (nSPS) is 12.3. The third kappa shape index (κ3) is 4.35. The van der Waals surface area contributed by atoms with E-state index < -0.39 is 12.0 Å². The van der Waals surface area contributed by atoms with Gasteiger partial charge in [-0.3, -0.25) is 4.79 Å². The van der Waals surface area contributed by atoms with Crippen molar-refractivity contribution in [3.63, 3.8) is 0 Å². The number of aliphatic carboxylic acids is 1. The number of carbonyl (C=O) groups excluding carboxylic acids is 1. The maximum atomic E-state index is 12.1. The van der Waals surface area contributed by atoms with E-state index in [1.54, 1.807) is 12.1 Å². The predicted octanol–water partition coefficient (Wildman–Crippen LogP) is 2.99. The van der Waals surface area contributed by atoms with Gasteiger partial charge in [-0.05, 0) is 37.0 Å². The van der Waals surface area contributed by atoms with Gasteiger partial charge in [0.05, 0.1) is 0 Å². The summed E-state index contributed by atoms with van der Waals surface area (Å²) in [6.07, 6.45) is 0.411. The van der Waals surface area contributed by atoms with Crippen molar-refractivity contribution >= 4 is 27.8 Å². The minimum absolute atomic E-state index is 0.199. The third-order valence-corrected chi connectivity index (χ3v) is 3.68. The molecule has 19 heavy (non-hydrogen) atoms. The van der Waals surface area contributed by atoms with Crippen molar-refractivity contribution in [2.45, 2.75) is 33.2 Å². The molecule has 104 valence electrons. The van der Waals surface area contributed by atoms with E-state index in [4.69, 9.17) is 5.11 Å². The van der Waals surface area contributed by atoms with Crippen molar-refractivity contribution in [3.05, 3.63) is 33.8 Å². The molecule has 0 saturated heterocycles. The summed E-state index contributed by atoms with van der Waals surface area (Å²) < 4.78 is 0.830. The summed E-state index contributed by atoms with van der Waals surface area (Å²) in [5.74, 6) is -1.16. The third-order valence-electron chi connectivity index (χ3n) is 2.82. The van der Waals surface area contributed by atoms with Crippen molar-refractivity contribution in [1.29, 1.82) is 0 Å². The topological polar surface area (TPSA) is 66.4 Å². The molecule has 0 aliphatic heterocycles. The van der Waals surface area contributed by atoms with Crippen molar-refractivity contribution in [3.8, 4) is 0 Å². The number of carboxylic acids is 1. The molecule has 0 fully saturated rings. The second-order valence-electron chi connectivity index (χ2n) is 4.91. The first-order chi connectivity index (χ1) is 8.82. The molecule has 1 unspecified atom stereocenters. The van der Waals surface area contributed by atoms with Gasteiger partial charge in [0.15, 0.2) is 0 Å². The summed E-state index contributed by atoms with van der Waals surface area (Å²) in [5.41, 5.74) is 1.29. The standard InChI is InChI=1S/C14H18BrNO3/c1-8(2)7-12(14(18)19)16-13(17)10-5-4-6-11(15)9(10)3/h4-6,8,12H,7H2,1-3H3,(H,16,17)(H,18,19). The Kier molecular flexibility index (Phi) is 5.54. The number of benzene rings is 1. The number of hydrogen-bond acceptors (Lipinski definition) is 2. The monoisotopic (exact) mass is 327 g/mol. The molecular weight excluding hydrogens is 310 g/mol. The molecule has 1 aromatic carbocycles. The van der Waals surface area contributed by atoms with Gasteiger partial charge in [-0.25, -0.2) is 4.79 Å². The quantitative estimate of drug-likeness (QED) is 0.873. The second-order valence-corrected chi connectivity index (χ2v) is 5.76. The van der Waals surface area contributed by atoms with E-state index in [-0.39, 0.29) is 11.8 Å². The van der Waals surface area contributed by atoms with Gasteiger partial charge in [0.1, 0.15) is 6.04 Å². The molecule has 1 atom stereocenters. The molecule has 0 bridgehead atoms. The highest BCUT2D eigenvalue weighted by atomic mass is 79.9. The van der Waals surface area contributed by atoms with Crippen LogP contribution in [0, 0.1) is 12.8 Å². The number of rotatable bonds is 5. The minimum atomic E-state index is -1.00. The highest BCUT2D eigenvalue weighted by Crippen LogP contribution is 2.19. The van der Waals surface area contributed by atoms with Gasteiger partial charge < -0.3 is 10.4 Å². The Morgan fingerprint density at radius 1 is 1.37 bits per heavy atom. The van der Waals surface area contributed by atoms with Crippen LogP contribution in [0.1, 0.15) is 36.2 Å². The Bertz CT molecular complexity index is 486. The fourth-order valence-electron chi connectivity index (χ4n) is 1.78. The second kappa shape index (κ2) is 6.70. The van der Waals surface area contributed by atoms with Crippen molar-refractivity contribution in [2.75, 3.05) is 0 Å². The maximum Gasteiger partial charge on any atom is 0.326 e. The number of amides is 1. The van der Waals surface area contributed by atoms with Crippen LogP contribution in [0.25, 0.3) is 0 Å². The summed E-state index contributed by atoms with van der Waals surface area (Å²) in [6, 6.07) is 4.42. The van der Waals surface area contributed by atoms with Crippen LogP contribution in [0.4, 0.5) is 0 Å². The molecule has 0 spiro atoms. The molecule has 2 N–H and O–H groups in total. The smallest absolute Gasteiger partial charge is 0.326 e. The zero-order chi connectivity index (χ0) is 14.6. The van der Waals surface area contributed by atoms with E-state index in [1.807, 2.05) is 26.8 Å². The molecule has 1 aromatic rings. The SMILES string of the molecule is Cc1c(Br)cccc1C(=O)NC(CC(C)C)C(=O)O. The van der Waals surface area contributed by atoms with Crippen molar-refractivity contribution in [1.82, 2.24) is 5.32 Å². The number of nitrogens with one attached hydrogen (secondary N) is 1. The summed E-state index contributed by atoms with van der Waals surface area (Å²) >= 11 is 3.35. The van der Waals surface area contributed by atoms with E-state index >= 15 is 0 Å². The fraction of sp³-hybridized carbons (Fsp3) is 0.429. The summed E-state index contributed by atoms with van der Waals surface area (Å²) in [7, 11) is 0. The van der Waals surface area contributed by atoms with E-state index in [1.165, 1.54) is 0 Å². The molecule has 1 amide bonds. The van der Waals surface area contributed by atoms with E-state index in [2.05, 4.69) is 21.2 Å². The first-order valence-corrected chi connectivity index (χ1v) is 6.91. The summed E-state index contributed by atoms with van der Waals surface area (Å²) in [5, 5.41) is 11.7. The Morgan fingerprint density at radius 2 is 2.00 bits per heavy atom. The van der Waals surface area contributed by atoms with Crippen LogP contribution in [0.3, 0.4) is 0 Å². The lowest BCUT2D eigenvalue weighted by molar-refractivity contribution is -0.139. The Labute approximate surface area is 121 Å². The molecule has 4 nitrogen and oxygen atoms in total. The van der Waals surface area contributed by atoms with Gasteiger partial charge in [-0.1, -0.05) is 35.8 Å². The molecule has 0 radical (unpaired) electrons. The van der Waals surface area contributed by atoms with Crippen LogP contribution >= 0.6 is 15.9 Å². The molecular formula is C14H18BrNO3. The zero-order valence-electron chi connectivity index (χ0n) is 11.2. The molecule has 1 rings (SSSR count). The summed E-state index contributed by atoms with van der Waals surface area (Å²) in [6.45, 7) is 5.66. The number of hydrogen-bond donors (Lipinski definition) is 2. The van der Waals surface area contributed by atoms with Gasteiger partial charge in [0, 0.05) is 10.0 Å². The van der Waals surface area contributed by atoms with Crippen LogP contribution in [0.15, 0.2) is 22.7 Å². The Balaban J connectivity index is 2.88. The van der Waals surface area contributed by atoms with E-state index in [0.29, 0.717) is 12.0 Å². The molecule has 0 heterocycles. The summed E-state index contributed by atoms with van der Waals surface area (Å²) in [4.78, 5) is 23.2. The molecule has 5 heteroatoms. The largest absolute Gasteiger partial charge is 0.480 e. The highest BCUT2D eigenvalue weighted by Gasteiger charge is 2.22. The van der Waals surface area contributed by atoms with Gasteiger partial charge in [0.2, 0.25) is 0 Å². The fourth-order valence-corrected chi connectivity index (χ4v) is 2.15. The number of halogens is 1. The lowest BCUT2D eigenvalue weighted by Crippen LogP contribution is -2.41. The van der Waals surface area contributed by atoms with Gasteiger partial charge >= 0.3 is 5.97 Å². The number of carbonyl (C=O) groups is 2. The first-order valence-electron chi connectivity index (χ1n) is 6.11. The Morgan fingerprint density at radius 3 is 2.53 bits per heavy atom. The van der Waals surface area contributed by atoms with Crippen LogP contribution in [0.5, 0.6) is 0 Å². The molecule has 0 aliphatic carbocycles. The van der Waals surface area contributed by atoms with Crippen LogP contribution < -0.4 is 5.32 Å².